The molecule has 19 heavy (non-hydrogen) atoms. The summed E-state index contributed by atoms with van der Waals surface area (Å²) in [5.41, 5.74) is 0. The quantitative estimate of drug-likeness (QED) is 0.483. The van der Waals surface area contributed by atoms with Gasteiger partial charge in [-0.2, -0.15) is 5.06 Å². The number of nitrogens with zero attached hydrogens (tertiary/aromatic N) is 2. The number of hydroxylamine groups is 2. The van der Waals surface area contributed by atoms with Crippen molar-refractivity contribution in [2.45, 2.75) is 37.4 Å². The average molecular weight is 286 g/mol. The first-order chi connectivity index (χ1) is 9.20. The lowest BCUT2D eigenvalue weighted by molar-refractivity contribution is -0.126. The van der Waals surface area contributed by atoms with Gasteiger partial charge in [-0.15, -0.1) is 0 Å². The Hall–Kier alpha value is -0.990. The van der Waals surface area contributed by atoms with Crippen molar-refractivity contribution in [2.24, 2.45) is 0 Å². The minimum Gasteiger partial charge on any atom is -0.350 e. The summed E-state index contributed by atoms with van der Waals surface area (Å²) in [5.74, 6) is -0.0542. The standard InChI is InChI=1S/C11H18N4O3S/c16-10(13-7-3-4-12-5-7)9-2-1-8-6-14(9)11(17)15(8)18-19/h7-9,12,19H,1-6H2,(H,13,16)/t7-,8+,9-/m0/s1. The van der Waals surface area contributed by atoms with Crippen LogP contribution in [0.15, 0.2) is 0 Å². The Kier molecular flexibility index (Phi) is 3.55. The van der Waals surface area contributed by atoms with Gasteiger partial charge in [-0.25, -0.2) is 9.08 Å². The van der Waals surface area contributed by atoms with Gasteiger partial charge in [-0.3, -0.25) is 4.79 Å². The molecule has 3 amide bonds. The monoisotopic (exact) mass is 286 g/mol. The van der Waals surface area contributed by atoms with E-state index >= 15 is 0 Å². The topological polar surface area (TPSA) is 73.9 Å². The Morgan fingerprint density at radius 2 is 2.26 bits per heavy atom. The van der Waals surface area contributed by atoms with E-state index in [-0.39, 0.29) is 30.1 Å². The van der Waals surface area contributed by atoms with Crippen LogP contribution in [0, 0.1) is 0 Å². The Labute approximate surface area is 117 Å². The van der Waals surface area contributed by atoms with Crippen LogP contribution >= 0.6 is 12.9 Å². The molecule has 7 nitrogen and oxygen atoms in total. The zero-order valence-electron chi connectivity index (χ0n) is 10.5. The molecule has 0 unspecified atom stereocenters. The molecule has 0 spiro atoms. The highest BCUT2D eigenvalue weighted by Gasteiger charge is 2.48. The molecule has 3 saturated heterocycles. The lowest BCUT2D eigenvalue weighted by Crippen LogP contribution is -2.52. The highest BCUT2D eigenvalue weighted by Crippen LogP contribution is 2.30. The van der Waals surface area contributed by atoms with Crippen LogP contribution < -0.4 is 10.6 Å². The Balaban J connectivity index is 1.65. The Morgan fingerprint density at radius 1 is 1.42 bits per heavy atom. The van der Waals surface area contributed by atoms with Crippen LogP contribution in [-0.2, 0) is 9.08 Å². The number of amides is 3. The van der Waals surface area contributed by atoms with E-state index in [1.807, 2.05) is 0 Å². The lowest BCUT2D eigenvalue weighted by atomic mass is 10.00. The van der Waals surface area contributed by atoms with Crippen molar-refractivity contribution in [3.8, 4) is 0 Å². The van der Waals surface area contributed by atoms with E-state index in [0.29, 0.717) is 13.0 Å². The molecule has 3 rings (SSSR count). The van der Waals surface area contributed by atoms with Crippen molar-refractivity contribution in [2.75, 3.05) is 19.6 Å². The third-order valence-electron chi connectivity index (χ3n) is 4.12. The summed E-state index contributed by atoms with van der Waals surface area (Å²) in [6, 6.07) is -0.442. The molecule has 0 radical (unpaired) electrons. The lowest BCUT2D eigenvalue weighted by Gasteiger charge is -2.30. The molecular formula is C11H18N4O3S. The first kappa shape index (κ1) is 13.0. The molecule has 3 heterocycles. The van der Waals surface area contributed by atoms with Crippen molar-refractivity contribution in [1.82, 2.24) is 20.6 Å². The van der Waals surface area contributed by atoms with E-state index in [1.165, 1.54) is 5.06 Å². The van der Waals surface area contributed by atoms with Crippen LogP contribution in [0.4, 0.5) is 4.79 Å². The second-order valence-corrected chi connectivity index (χ2v) is 5.45. The van der Waals surface area contributed by atoms with Crippen molar-refractivity contribution in [3.05, 3.63) is 0 Å². The number of urea groups is 1. The zero-order valence-corrected chi connectivity index (χ0v) is 11.4. The van der Waals surface area contributed by atoms with E-state index in [4.69, 9.17) is 4.28 Å². The maximum absolute atomic E-state index is 12.3. The predicted molar refractivity (Wildman–Crippen MR) is 70.2 cm³/mol. The summed E-state index contributed by atoms with van der Waals surface area (Å²) < 4.78 is 4.79. The van der Waals surface area contributed by atoms with Gasteiger partial charge in [0.25, 0.3) is 0 Å². The molecule has 0 saturated carbocycles. The number of hydrogen-bond acceptors (Lipinski definition) is 5. The highest BCUT2D eigenvalue weighted by atomic mass is 32.1. The van der Waals surface area contributed by atoms with E-state index in [9.17, 15) is 9.59 Å². The summed E-state index contributed by atoms with van der Waals surface area (Å²) in [6.45, 7) is 2.28. The first-order valence-electron chi connectivity index (χ1n) is 6.63. The fourth-order valence-electron chi connectivity index (χ4n) is 3.09. The van der Waals surface area contributed by atoms with Crippen LogP contribution in [0.2, 0.25) is 0 Å². The van der Waals surface area contributed by atoms with E-state index < -0.39 is 0 Å². The average Bonchev–Trinajstić information content (AvgIpc) is 2.99. The molecule has 3 aliphatic rings. The van der Waals surface area contributed by atoms with E-state index in [1.54, 1.807) is 4.90 Å². The van der Waals surface area contributed by atoms with Crippen LogP contribution in [0.25, 0.3) is 0 Å². The fraction of sp³-hybridized carbons (Fsp3) is 0.818. The number of carbonyl (C=O) groups excluding carboxylic acids is 2. The third kappa shape index (κ3) is 2.28. The normalized spacial score (nSPS) is 33.9. The zero-order chi connectivity index (χ0) is 13.4. The molecule has 2 bridgehead atoms. The Bertz CT molecular complexity index is 388. The summed E-state index contributed by atoms with van der Waals surface area (Å²) >= 11 is 3.70. The van der Waals surface area contributed by atoms with E-state index in [2.05, 4.69) is 23.5 Å². The van der Waals surface area contributed by atoms with Crippen LogP contribution in [0.1, 0.15) is 19.3 Å². The molecule has 8 heteroatoms. The molecule has 3 fully saturated rings. The molecule has 106 valence electrons. The number of nitrogens with one attached hydrogen (secondary N) is 2. The van der Waals surface area contributed by atoms with Gasteiger partial charge >= 0.3 is 6.03 Å². The molecule has 0 aromatic carbocycles. The minimum absolute atomic E-state index is 0.0159. The second kappa shape index (κ2) is 5.18. The second-order valence-electron chi connectivity index (χ2n) is 5.29. The first-order valence-corrected chi connectivity index (χ1v) is 6.99. The van der Waals surface area contributed by atoms with Crippen LogP contribution in [0.5, 0.6) is 0 Å². The molecule has 3 aliphatic heterocycles. The number of thiol groups is 1. The number of fused-ring (bicyclic) bond motifs is 2. The highest BCUT2D eigenvalue weighted by molar-refractivity contribution is 7.75. The summed E-state index contributed by atoms with van der Waals surface area (Å²) in [7, 11) is 0. The number of hydrogen-bond donors (Lipinski definition) is 3. The molecule has 2 N–H and O–H groups in total. The number of rotatable bonds is 3. The molecule has 3 atom stereocenters. The largest absolute Gasteiger partial charge is 0.350 e. The van der Waals surface area contributed by atoms with Crippen LogP contribution in [-0.4, -0.2) is 59.7 Å². The molecule has 0 aliphatic carbocycles. The van der Waals surface area contributed by atoms with Gasteiger partial charge in [0.1, 0.15) is 6.04 Å². The summed E-state index contributed by atoms with van der Waals surface area (Å²) in [5, 5.41) is 7.47. The predicted octanol–water partition coefficient (Wildman–Crippen LogP) is -0.490. The fourth-order valence-corrected chi connectivity index (χ4v) is 3.29. The van der Waals surface area contributed by atoms with Gasteiger partial charge in [-0.1, -0.05) is 0 Å². The molecule has 0 aromatic rings. The van der Waals surface area contributed by atoms with Crippen molar-refractivity contribution in [3.63, 3.8) is 0 Å². The maximum Gasteiger partial charge on any atom is 0.345 e. The van der Waals surface area contributed by atoms with E-state index in [0.717, 1.165) is 25.9 Å². The van der Waals surface area contributed by atoms with Gasteiger partial charge < -0.3 is 15.5 Å². The third-order valence-corrected chi connectivity index (χ3v) is 4.30. The smallest absolute Gasteiger partial charge is 0.345 e. The van der Waals surface area contributed by atoms with Crippen LogP contribution in [0.3, 0.4) is 0 Å². The maximum atomic E-state index is 12.3. The Morgan fingerprint density at radius 3 is 2.95 bits per heavy atom. The van der Waals surface area contributed by atoms with Gasteiger partial charge in [0, 0.05) is 32.0 Å². The van der Waals surface area contributed by atoms with Gasteiger partial charge in [0.05, 0.1) is 6.04 Å². The van der Waals surface area contributed by atoms with Gasteiger partial charge in [0.2, 0.25) is 5.91 Å². The summed E-state index contributed by atoms with van der Waals surface area (Å²) in [4.78, 5) is 25.9. The van der Waals surface area contributed by atoms with Gasteiger partial charge in [-0.05, 0) is 25.8 Å². The molecule has 0 aromatic heterocycles. The summed E-state index contributed by atoms with van der Waals surface area (Å²) in [6.07, 6.45) is 2.39. The number of carbonyl (C=O) groups is 2. The van der Waals surface area contributed by atoms with Crippen molar-refractivity contribution >= 4 is 24.8 Å². The van der Waals surface area contributed by atoms with Crippen molar-refractivity contribution in [1.29, 1.82) is 0 Å². The van der Waals surface area contributed by atoms with Crippen molar-refractivity contribution < 1.29 is 13.9 Å². The van der Waals surface area contributed by atoms with Gasteiger partial charge in [0.15, 0.2) is 0 Å². The minimum atomic E-state index is -0.377. The molecular weight excluding hydrogens is 268 g/mol. The number of piperidine rings is 1. The SMILES string of the molecule is O=C(N[C@H]1CCNC1)[C@@H]1CC[C@@H]2CN1C(=O)N2OS.